The Morgan fingerprint density at radius 3 is 3.00 bits per heavy atom. The van der Waals surface area contributed by atoms with Crippen molar-refractivity contribution in [3.8, 4) is 17.1 Å². The van der Waals surface area contributed by atoms with Crippen LogP contribution >= 0.6 is 0 Å². The van der Waals surface area contributed by atoms with Gasteiger partial charge in [-0.2, -0.15) is 4.98 Å². The number of ether oxygens (including phenoxy) is 1. The lowest BCUT2D eigenvalue weighted by Crippen LogP contribution is -1.95. The molecule has 0 saturated heterocycles. The molecule has 112 valence electrons. The zero-order valence-electron chi connectivity index (χ0n) is 11.9. The van der Waals surface area contributed by atoms with Crippen molar-refractivity contribution in [1.82, 2.24) is 10.1 Å². The maximum absolute atomic E-state index is 10.4. The van der Waals surface area contributed by atoms with E-state index in [4.69, 9.17) is 14.4 Å². The van der Waals surface area contributed by atoms with E-state index in [9.17, 15) is 4.79 Å². The number of carbonyl (C=O) groups is 1. The molecule has 2 aromatic rings. The lowest BCUT2D eigenvalue weighted by atomic mass is 10.2. The molecule has 1 heterocycles. The van der Waals surface area contributed by atoms with Gasteiger partial charge in [0.2, 0.25) is 11.7 Å². The Morgan fingerprint density at radius 2 is 2.24 bits per heavy atom. The molecule has 0 aliphatic rings. The van der Waals surface area contributed by atoms with E-state index in [-0.39, 0.29) is 6.42 Å². The number of aliphatic carboxylic acids is 1. The minimum atomic E-state index is -0.783. The summed E-state index contributed by atoms with van der Waals surface area (Å²) in [6, 6.07) is 7.51. The molecule has 1 N–H and O–H groups in total. The van der Waals surface area contributed by atoms with E-state index < -0.39 is 5.97 Å². The maximum Gasteiger partial charge on any atom is 0.303 e. The fraction of sp³-hybridized carbons (Fsp3) is 0.400. The molecular formula is C15H18N2O4. The highest BCUT2D eigenvalue weighted by atomic mass is 16.5. The number of carboxylic acids is 1. The second kappa shape index (κ2) is 7.42. The number of hydrogen-bond acceptors (Lipinski definition) is 5. The molecule has 2 rings (SSSR count). The van der Waals surface area contributed by atoms with Gasteiger partial charge >= 0.3 is 5.97 Å². The van der Waals surface area contributed by atoms with Gasteiger partial charge in [-0.15, -0.1) is 0 Å². The Bertz CT molecular complexity index is 595. The maximum atomic E-state index is 10.4. The normalized spacial score (nSPS) is 10.5. The van der Waals surface area contributed by atoms with Crippen molar-refractivity contribution in [1.29, 1.82) is 0 Å². The van der Waals surface area contributed by atoms with E-state index in [1.807, 2.05) is 31.2 Å². The van der Waals surface area contributed by atoms with E-state index in [2.05, 4.69) is 10.1 Å². The van der Waals surface area contributed by atoms with Crippen molar-refractivity contribution in [3.05, 3.63) is 30.2 Å². The molecule has 1 aromatic heterocycles. The van der Waals surface area contributed by atoms with Gasteiger partial charge in [0, 0.05) is 18.4 Å². The molecule has 0 radical (unpaired) electrons. The zero-order valence-corrected chi connectivity index (χ0v) is 11.9. The smallest absolute Gasteiger partial charge is 0.303 e. The average Bonchev–Trinajstić information content (AvgIpc) is 2.93. The molecule has 0 fully saturated rings. The Kier molecular flexibility index (Phi) is 5.31. The van der Waals surface area contributed by atoms with Crippen LogP contribution in [0.5, 0.6) is 5.75 Å². The van der Waals surface area contributed by atoms with Crippen LogP contribution in [0.4, 0.5) is 0 Å². The van der Waals surface area contributed by atoms with Crippen molar-refractivity contribution in [3.63, 3.8) is 0 Å². The number of aromatic nitrogens is 2. The topological polar surface area (TPSA) is 85.5 Å². The van der Waals surface area contributed by atoms with Crippen molar-refractivity contribution in [2.24, 2.45) is 0 Å². The standard InChI is InChI=1S/C15H18N2O4/c1-2-20-12-7-5-6-11(10-12)15-16-13(21-17-15)8-3-4-9-14(18)19/h5-7,10H,2-4,8-9H2,1H3,(H,18,19). The summed E-state index contributed by atoms with van der Waals surface area (Å²) in [5.74, 6) is 1.03. The molecule has 6 heteroatoms. The first-order valence-corrected chi connectivity index (χ1v) is 6.96. The quantitative estimate of drug-likeness (QED) is 0.752. The summed E-state index contributed by atoms with van der Waals surface area (Å²) in [4.78, 5) is 14.7. The van der Waals surface area contributed by atoms with E-state index in [0.29, 0.717) is 37.6 Å². The molecule has 0 unspecified atom stereocenters. The fourth-order valence-corrected chi connectivity index (χ4v) is 1.92. The van der Waals surface area contributed by atoms with Gasteiger partial charge in [0.1, 0.15) is 5.75 Å². The zero-order chi connectivity index (χ0) is 15.1. The predicted molar refractivity (Wildman–Crippen MR) is 76.1 cm³/mol. The summed E-state index contributed by atoms with van der Waals surface area (Å²) in [5, 5.41) is 12.5. The van der Waals surface area contributed by atoms with Gasteiger partial charge in [0.05, 0.1) is 6.61 Å². The molecule has 1 aromatic carbocycles. The Morgan fingerprint density at radius 1 is 1.38 bits per heavy atom. The second-order valence-electron chi connectivity index (χ2n) is 4.57. The summed E-state index contributed by atoms with van der Waals surface area (Å²) < 4.78 is 10.6. The lowest BCUT2D eigenvalue weighted by molar-refractivity contribution is -0.137. The summed E-state index contributed by atoms with van der Waals surface area (Å²) in [7, 11) is 0. The minimum Gasteiger partial charge on any atom is -0.494 e. The van der Waals surface area contributed by atoms with E-state index in [1.54, 1.807) is 0 Å². The van der Waals surface area contributed by atoms with Crippen LogP contribution in [0.2, 0.25) is 0 Å². The van der Waals surface area contributed by atoms with Crippen molar-refractivity contribution >= 4 is 5.97 Å². The molecule has 0 amide bonds. The first-order chi connectivity index (χ1) is 10.2. The first-order valence-electron chi connectivity index (χ1n) is 6.96. The number of benzene rings is 1. The Labute approximate surface area is 122 Å². The number of nitrogens with zero attached hydrogens (tertiary/aromatic N) is 2. The van der Waals surface area contributed by atoms with Crippen LogP contribution < -0.4 is 4.74 Å². The van der Waals surface area contributed by atoms with Gasteiger partial charge in [0.25, 0.3) is 0 Å². The van der Waals surface area contributed by atoms with Crippen LogP contribution in [0.1, 0.15) is 32.1 Å². The third kappa shape index (κ3) is 4.59. The molecule has 0 aliphatic heterocycles. The average molecular weight is 290 g/mol. The molecule has 0 aliphatic carbocycles. The van der Waals surface area contributed by atoms with Crippen LogP contribution in [-0.4, -0.2) is 27.8 Å². The van der Waals surface area contributed by atoms with Crippen LogP contribution in [0.25, 0.3) is 11.4 Å². The monoisotopic (exact) mass is 290 g/mol. The number of rotatable bonds is 8. The molecule has 0 spiro atoms. The molecule has 0 saturated carbocycles. The van der Waals surface area contributed by atoms with Gasteiger partial charge in [-0.25, -0.2) is 0 Å². The number of unbranched alkanes of at least 4 members (excludes halogenated alkanes) is 1. The summed E-state index contributed by atoms with van der Waals surface area (Å²) in [5.41, 5.74) is 0.835. The van der Waals surface area contributed by atoms with Gasteiger partial charge in [-0.05, 0) is 31.9 Å². The van der Waals surface area contributed by atoms with Crippen LogP contribution in [0, 0.1) is 0 Å². The van der Waals surface area contributed by atoms with Crippen molar-refractivity contribution in [2.45, 2.75) is 32.6 Å². The van der Waals surface area contributed by atoms with Gasteiger partial charge in [-0.3, -0.25) is 4.79 Å². The SMILES string of the molecule is CCOc1cccc(-c2noc(CCCCC(=O)O)n2)c1. The predicted octanol–water partition coefficient (Wildman–Crippen LogP) is 2.93. The molecular weight excluding hydrogens is 272 g/mol. The van der Waals surface area contributed by atoms with Gasteiger partial charge in [-0.1, -0.05) is 17.3 Å². The minimum absolute atomic E-state index is 0.164. The van der Waals surface area contributed by atoms with Crippen molar-refractivity contribution < 1.29 is 19.2 Å². The highest BCUT2D eigenvalue weighted by Gasteiger charge is 2.09. The number of aryl methyl sites for hydroxylation is 1. The molecule has 6 nitrogen and oxygen atoms in total. The third-order valence-electron chi connectivity index (χ3n) is 2.90. The first kappa shape index (κ1) is 15.0. The lowest BCUT2D eigenvalue weighted by Gasteiger charge is -2.02. The van der Waals surface area contributed by atoms with E-state index in [0.717, 1.165) is 11.3 Å². The largest absolute Gasteiger partial charge is 0.494 e. The summed E-state index contributed by atoms with van der Waals surface area (Å²) in [6.07, 6.45) is 2.07. The molecule has 0 atom stereocenters. The van der Waals surface area contributed by atoms with E-state index in [1.165, 1.54) is 0 Å². The van der Waals surface area contributed by atoms with Crippen molar-refractivity contribution in [2.75, 3.05) is 6.61 Å². The van der Waals surface area contributed by atoms with Crippen LogP contribution in [0.15, 0.2) is 28.8 Å². The second-order valence-corrected chi connectivity index (χ2v) is 4.57. The third-order valence-corrected chi connectivity index (χ3v) is 2.90. The van der Waals surface area contributed by atoms with Crippen LogP contribution in [0.3, 0.4) is 0 Å². The highest BCUT2D eigenvalue weighted by Crippen LogP contribution is 2.21. The van der Waals surface area contributed by atoms with Gasteiger partial charge < -0.3 is 14.4 Å². The molecule has 0 bridgehead atoms. The van der Waals surface area contributed by atoms with Crippen LogP contribution in [-0.2, 0) is 11.2 Å². The Hall–Kier alpha value is -2.37. The molecule has 21 heavy (non-hydrogen) atoms. The number of hydrogen-bond donors (Lipinski definition) is 1. The Balaban J connectivity index is 1.96. The summed E-state index contributed by atoms with van der Waals surface area (Å²) >= 11 is 0. The van der Waals surface area contributed by atoms with E-state index >= 15 is 0 Å². The fourth-order valence-electron chi connectivity index (χ4n) is 1.92. The van der Waals surface area contributed by atoms with Gasteiger partial charge in [0.15, 0.2) is 0 Å². The summed E-state index contributed by atoms with van der Waals surface area (Å²) in [6.45, 7) is 2.53. The highest BCUT2D eigenvalue weighted by molar-refractivity contribution is 5.66. The number of carboxylic acid groups (broad SMARTS) is 1.